The van der Waals surface area contributed by atoms with Crippen LogP contribution in [0.25, 0.3) is 0 Å². The zero-order chi connectivity index (χ0) is 12.3. The molecule has 0 radical (unpaired) electrons. The summed E-state index contributed by atoms with van der Waals surface area (Å²) in [5.41, 5.74) is 4.03. The maximum atomic E-state index is 3.62. The minimum absolute atomic E-state index is 0.881. The van der Waals surface area contributed by atoms with Crippen LogP contribution in [0.1, 0.15) is 43.7 Å². The largest absolute Gasteiger partial charge is 0.385 e. The molecule has 2 rings (SSSR count). The highest BCUT2D eigenvalue weighted by Crippen LogP contribution is 2.28. The second-order valence-corrected chi connectivity index (χ2v) is 5.83. The molecular weight excluding hydrogens is 206 g/mol. The van der Waals surface area contributed by atoms with Crippen molar-refractivity contribution in [2.24, 2.45) is 11.8 Å². The monoisotopic (exact) mass is 231 g/mol. The number of hydrogen-bond acceptors (Lipinski definition) is 1. The molecule has 1 aliphatic carbocycles. The van der Waals surface area contributed by atoms with Crippen molar-refractivity contribution in [3.63, 3.8) is 0 Å². The van der Waals surface area contributed by atoms with E-state index in [4.69, 9.17) is 0 Å². The van der Waals surface area contributed by atoms with Crippen LogP contribution >= 0.6 is 0 Å². The van der Waals surface area contributed by atoms with E-state index in [1.165, 1.54) is 42.5 Å². The second-order valence-electron chi connectivity index (χ2n) is 5.83. The molecule has 94 valence electrons. The predicted octanol–water partition coefficient (Wildman–Crippen LogP) is 4.54. The maximum absolute atomic E-state index is 3.62. The van der Waals surface area contributed by atoms with Crippen molar-refractivity contribution in [3.05, 3.63) is 29.3 Å². The molecule has 0 aromatic heterocycles. The van der Waals surface area contributed by atoms with Gasteiger partial charge < -0.3 is 5.32 Å². The van der Waals surface area contributed by atoms with Gasteiger partial charge >= 0.3 is 0 Å². The summed E-state index contributed by atoms with van der Waals surface area (Å²) < 4.78 is 0. The average Bonchev–Trinajstić information content (AvgIpc) is 2.30. The third-order valence-corrected chi connectivity index (χ3v) is 4.10. The summed E-state index contributed by atoms with van der Waals surface area (Å²) in [6, 6.07) is 6.67. The standard InChI is InChI=1S/C16H25N/c1-12-4-7-15(8-5-12)11-17-16-9-6-13(2)10-14(16)3/h6,9-10,12,15,17H,4-5,7-8,11H2,1-3H3. The fourth-order valence-electron chi connectivity index (χ4n) is 2.80. The van der Waals surface area contributed by atoms with Gasteiger partial charge in [-0.15, -0.1) is 0 Å². The van der Waals surface area contributed by atoms with Crippen LogP contribution in [0.2, 0.25) is 0 Å². The number of hydrogen-bond donors (Lipinski definition) is 1. The molecule has 1 N–H and O–H groups in total. The fourth-order valence-corrected chi connectivity index (χ4v) is 2.80. The Morgan fingerprint density at radius 1 is 1.12 bits per heavy atom. The normalized spacial score (nSPS) is 24.6. The molecule has 0 amide bonds. The smallest absolute Gasteiger partial charge is 0.0370 e. The van der Waals surface area contributed by atoms with Gasteiger partial charge in [0.15, 0.2) is 0 Å². The van der Waals surface area contributed by atoms with Crippen LogP contribution in [0.4, 0.5) is 5.69 Å². The maximum Gasteiger partial charge on any atom is 0.0370 e. The molecule has 1 nitrogen and oxygen atoms in total. The van der Waals surface area contributed by atoms with Crippen molar-refractivity contribution in [2.45, 2.75) is 46.5 Å². The third-order valence-electron chi connectivity index (χ3n) is 4.10. The van der Waals surface area contributed by atoms with Gasteiger partial charge in [-0.05, 0) is 50.2 Å². The van der Waals surface area contributed by atoms with Crippen LogP contribution in [-0.2, 0) is 0 Å². The fraction of sp³-hybridized carbons (Fsp3) is 0.625. The van der Waals surface area contributed by atoms with Gasteiger partial charge in [-0.1, -0.05) is 37.5 Å². The number of anilines is 1. The first-order valence-corrected chi connectivity index (χ1v) is 6.96. The molecular formula is C16H25N. The van der Waals surface area contributed by atoms with E-state index in [0.717, 1.165) is 18.4 Å². The van der Waals surface area contributed by atoms with Crippen LogP contribution < -0.4 is 5.32 Å². The third kappa shape index (κ3) is 3.49. The van der Waals surface area contributed by atoms with Crippen LogP contribution in [0.5, 0.6) is 0 Å². The molecule has 0 heterocycles. The van der Waals surface area contributed by atoms with Crippen molar-refractivity contribution < 1.29 is 0 Å². The summed E-state index contributed by atoms with van der Waals surface area (Å²) in [6.07, 6.45) is 5.64. The lowest BCUT2D eigenvalue weighted by atomic mass is 9.83. The van der Waals surface area contributed by atoms with Gasteiger partial charge in [-0.25, -0.2) is 0 Å². The molecule has 0 bridgehead atoms. The lowest BCUT2D eigenvalue weighted by Gasteiger charge is -2.26. The second kappa shape index (κ2) is 5.57. The number of benzene rings is 1. The van der Waals surface area contributed by atoms with E-state index in [-0.39, 0.29) is 0 Å². The molecule has 17 heavy (non-hydrogen) atoms. The lowest BCUT2D eigenvalue weighted by Crippen LogP contribution is -2.20. The van der Waals surface area contributed by atoms with Crippen molar-refractivity contribution in [1.82, 2.24) is 0 Å². The Balaban J connectivity index is 1.85. The summed E-state index contributed by atoms with van der Waals surface area (Å²) in [6.45, 7) is 7.88. The van der Waals surface area contributed by atoms with Gasteiger partial charge in [0.1, 0.15) is 0 Å². The van der Waals surface area contributed by atoms with Crippen LogP contribution in [0, 0.1) is 25.7 Å². The van der Waals surface area contributed by atoms with E-state index in [9.17, 15) is 0 Å². The first-order valence-electron chi connectivity index (χ1n) is 6.96. The highest BCUT2D eigenvalue weighted by molar-refractivity contribution is 5.51. The molecule has 0 spiro atoms. The molecule has 1 aromatic rings. The van der Waals surface area contributed by atoms with E-state index in [2.05, 4.69) is 44.3 Å². The Morgan fingerprint density at radius 2 is 1.82 bits per heavy atom. The van der Waals surface area contributed by atoms with Crippen LogP contribution in [-0.4, -0.2) is 6.54 Å². The predicted molar refractivity (Wildman–Crippen MR) is 75.5 cm³/mol. The van der Waals surface area contributed by atoms with E-state index >= 15 is 0 Å². The first kappa shape index (κ1) is 12.5. The topological polar surface area (TPSA) is 12.0 Å². The molecule has 0 saturated heterocycles. The average molecular weight is 231 g/mol. The van der Waals surface area contributed by atoms with Gasteiger partial charge in [-0.3, -0.25) is 0 Å². The molecule has 1 heteroatoms. The van der Waals surface area contributed by atoms with Crippen LogP contribution in [0.3, 0.4) is 0 Å². The number of aryl methyl sites for hydroxylation is 2. The Bertz CT molecular complexity index is 362. The zero-order valence-electron chi connectivity index (χ0n) is 11.4. The van der Waals surface area contributed by atoms with E-state index in [0.29, 0.717) is 0 Å². The highest BCUT2D eigenvalue weighted by atomic mass is 14.9. The minimum atomic E-state index is 0.881. The number of nitrogens with one attached hydrogen (secondary N) is 1. The summed E-state index contributed by atoms with van der Waals surface area (Å²) in [5.74, 6) is 1.83. The van der Waals surface area contributed by atoms with Crippen molar-refractivity contribution >= 4 is 5.69 Å². The first-order chi connectivity index (χ1) is 8.15. The van der Waals surface area contributed by atoms with E-state index in [1.54, 1.807) is 0 Å². The Kier molecular flexibility index (Phi) is 4.09. The van der Waals surface area contributed by atoms with Crippen LogP contribution in [0.15, 0.2) is 18.2 Å². The Hall–Kier alpha value is -0.980. The highest BCUT2D eigenvalue weighted by Gasteiger charge is 2.17. The molecule has 0 atom stereocenters. The Morgan fingerprint density at radius 3 is 2.47 bits per heavy atom. The molecule has 0 aliphatic heterocycles. The minimum Gasteiger partial charge on any atom is -0.385 e. The molecule has 1 aromatic carbocycles. The van der Waals surface area contributed by atoms with E-state index < -0.39 is 0 Å². The summed E-state index contributed by atoms with van der Waals surface area (Å²) >= 11 is 0. The quantitative estimate of drug-likeness (QED) is 0.805. The summed E-state index contributed by atoms with van der Waals surface area (Å²) in [7, 11) is 0. The lowest BCUT2D eigenvalue weighted by molar-refractivity contribution is 0.300. The van der Waals surface area contributed by atoms with Crippen molar-refractivity contribution in [1.29, 1.82) is 0 Å². The Labute approximate surface area is 106 Å². The van der Waals surface area contributed by atoms with E-state index in [1.807, 2.05) is 0 Å². The SMILES string of the molecule is Cc1ccc(NCC2CCC(C)CC2)c(C)c1. The molecule has 1 aliphatic rings. The zero-order valence-corrected chi connectivity index (χ0v) is 11.4. The van der Waals surface area contributed by atoms with Crippen molar-refractivity contribution in [2.75, 3.05) is 11.9 Å². The molecule has 1 saturated carbocycles. The summed E-state index contributed by atoms with van der Waals surface area (Å²) in [5, 5.41) is 3.62. The molecule has 0 unspecified atom stereocenters. The number of rotatable bonds is 3. The van der Waals surface area contributed by atoms with Gasteiger partial charge in [0, 0.05) is 12.2 Å². The van der Waals surface area contributed by atoms with Gasteiger partial charge in [0.2, 0.25) is 0 Å². The van der Waals surface area contributed by atoms with Gasteiger partial charge in [-0.2, -0.15) is 0 Å². The van der Waals surface area contributed by atoms with Gasteiger partial charge in [0.05, 0.1) is 0 Å². The van der Waals surface area contributed by atoms with Crippen molar-refractivity contribution in [3.8, 4) is 0 Å². The molecule has 1 fully saturated rings. The van der Waals surface area contributed by atoms with Gasteiger partial charge in [0.25, 0.3) is 0 Å². The summed E-state index contributed by atoms with van der Waals surface area (Å²) in [4.78, 5) is 0.